The van der Waals surface area contributed by atoms with Crippen molar-refractivity contribution < 1.29 is 23.8 Å². The van der Waals surface area contributed by atoms with Crippen molar-refractivity contribution in [1.29, 1.82) is 0 Å². The Labute approximate surface area is 206 Å². The Kier molecular flexibility index (Phi) is 6.00. The largest absolute Gasteiger partial charge is 0.492 e. The lowest BCUT2D eigenvalue weighted by atomic mass is 9.95. The van der Waals surface area contributed by atoms with Crippen molar-refractivity contribution in [2.75, 3.05) is 38.1 Å². The number of likely N-dealkylation sites (N-methyl/N-ethyl adjacent to an activating group) is 1. The van der Waals surface area contributed by atoms with Gasteiger partial charge in [0.2, 0.25) is 12.5 Å². The van der Waals surface area contributed by atoms with Crippen molar-refractivity contribution in [1.82, 2.24) is 4.90 Å². The van der Waals surface area contributed by atoms with Crippen LogP contribution < -0.4 is 30.6 Å². The SMILES string of the molecule is COc1c2c(cc3c1C(Nc1sc(C(=O)Nc4ccccc4)c(C)c1C(N)=O)N(C)CC3)OCO2. The molecular weight excluding hydrogens is 468 g/mol. The predicted molar refractivity (Wildman–Crippen MR) is 134 cm³/mol. The molecule has 35 heavy (non-hydrogen) atoms. The van der Waals surface area contributed by atoms with Gasteiger partial charge in [-0.1, -0.05) is 18.2 Å². The van der Waals surface area contributed by atoms with Crippen molar-refractivity contribution >= 4 is 33.8 Å². The first-order valence-corrected chi connectivity index (χ1v) is 12.0. The number of ether oxygens (including phenoxy) is 3. The number of hydrogen-bond acceptors (Lipinski definition) is 8. The monoisotopic (exact) mass is 494 g/mol. The third-order valence-corrected chi connectivity index (χ3v) is 7.52. The number of methoxy groups -OCH3 is 1. The molecule has 2 amide bonds. The predicted octanol–water partition coefficient (Wildman–Crippen LogP) is 3.74. The number of anilines is 2. The molecule has 3 aromatic rings. The maximum atomic E-state index is 13.1. The maximum Gasteiger partial charge on any atom is 0.266 e. The second-order valence-corrected chi connectivity index (χ2v) is 9.46. The number of fused-ring (bicyclic) bond motifs is 2. The van der Waals surface area contributed by atoms with E-state index in [1.165, 1.54) is 11.3 Å². The van der Waals surface area contributed by atoms with Crippen LogP contribution >= 0.6 is 11.3 Å². The highest BCUT2D eigenvalue weighted by atomic mass is 32.1. The molecule has 1 atom stereocenters. The summed E-state index contributed by atoms with van der Waals surface area (Å²) in [4.78, 5) is 28.1. The smallest absolute Gasteiger partial charge is 0.266 e. The first-order chi connectivity index (χ1) is 16.9. The van der Waals surface area contributed by atoms with Crippen molar-refractivity contribution in [2.24, 2.45) is 5.73 Å². The Hall–Kier alpha value is -3.76. The topological polar surface area (TPSA) is 115 Å². The van der Waals surface area contributed by atoms with E-state index >= 15 is 0 Å². The summed E-state index contributed by atoms with van der Waals surface area (Å²) < 4.78 is 17.0. The van der Waals surface area contributed by atoms with E-state index in [4.69, 9.17) is 19.9 Å². The molecule has 2 aliphatic rings. The number of amides is 2. The molecule has 0 saturated carbocycles. The van der Waals surface area contributed by atoms with E-state index in [1.807, 2.05) is 31.3 Å². The third kappa shape index (κ3) is 4.04. The molecule has 0 saturated heterocycles. The van der Waals surface area contributed by atoms with Gasteiger partial charge in [0.05, 0.1) is 17.6 Å². The highest BCUT2D eigenvalue weighted by molar-refractivity contribution is 7.18. The molecule has 0 bridgehead atoms. The van der Waals surface area contributed by atoms with E-state index in [0.29, 0.717) is 43.9 Å². The summed E-state index contributed by atoms with van der Waals surface area (Å²) >= 11 is 1.20. The van der Waals surface area contributed by atoms with Gasteiger partial charge in [-0.3, -0.25) is 14.5 Å². The highest BCUT2D eigenvalue weighted by Gasteiger charge is 2.35. The summed E-state index contributed by atoms with van der Waals surface area (Å²) in [5, 5.41) is 6.88. The van der Waals surface area contributed by atoms with Crippen LogP contribution in [0.15, 0.2) is 36.4 Å². The number of thiophene rings is 1. The molecule has 182 valence electrons. The van der Waals surface area contributed by atoms with E-state index in [0.717, 1.165) is 24.1 Å². The number of carbonyl (C=O) groups excluding carboxylic acids is 2. The van der Waals surface area contributed by atoms with Gasteiger partial charge < -0.3 is 30.6 Å². The van der Waals surface area contributed by atoms with E-state index < -0.39 is 5.91 Å². The van der Waals surface area contributed by atoms with Gasteiger partial charge in [0.15, 0.2) is 11.5 Å². The molecule has 5 rings (SSSR count). The van der Waals surface area contributed by atoms with E-state index in [1.54, 1.807) is 26.2 Å². The average molecular weight is 495 g/mol. The fraction of sp³-hybridized carbons (Fsp3) is 0.280. The summed E-state index contributed by atoms with van der Waals surface area (Å²) in [6, 6.07) is 11.1. The molecule has 0 spiro atoms. The zero-order valence-corrected chi connectivity index (χ0v) is 20.5. The summed E-state index contributed by atoms with van der Waals surface area (Å²) in [6.07, 6.45) is 0.456. The second-order valence-electron chi connectivity index (χ2n) is 8.44. The molecule has 9 nitrogen and oxygen atoms in total. The van der Waals surface area contributed by atoms with Crippen molar-refractivity contribution in [3.05, 3.63) is 63.5 Å². The summed E-state index contributed by atoms with van der Waals surface area (Å²) in [5.74, 6) is 0.918. The fourth-order valence-electron chi connectivity index (χ4n) is 4.58. The van der Waals surface area contributed by atoms with Crippen LogP contribution in [0.3, 0.4) is 0 Å². The van der Waals surface area contributed by atoms with Crippen LogP contribution in [0.25, 0.3) is 0 Å². The molecule has 0 radical (unpaired) electrons. The third-order valence-electron chi connectivity index (χ3n) is 6.29. The van der Waals surface area contributed by atoms with Gasteiger partial charge in [0.1, 0.15) is 11.2 Å². The molecule has 2 aliphatic heterocycles. The van der Waals surface area contributed by atoms with Crippen LogP contribution in [-0.4, -0.2) is 44.2 Å². The van der Waals surface area contributed by atoms with Gasteiger partial charge in [0.25, 0.3) is 11.8 Å². The molecule has 3 heterocycles. The van der Waals surface area contributed by atoms with Crippen LogP contribution in [0.2, 0.25) is 0 Å². The summed E-state index contributed by atoms with van der Waals surface area (Å²) in [6.45, 7) is 2.64. The van der Waals surface area contributed by atoms with Crippen molar-refractivity contribution in [3.8, 4) is 17.2 Å². The highest BCUT2D eigenvalue weighted by Crippen LogP contribution is 2.50. The number of carbonyl (C=O) groups is 2. The van der Waals surface area contributed by atoms with Crippen molar-refractivity contribution in [3.63, 3.8) is 0 Å². The Morgan fingerprint density at radius 3 is 2.71 bits per heavy atom. The summed E-state index contributed by atoms with van der Waals surface area (Å²) in [5.41, 5.74) is 9.24. The van der Waals surface area contributed by atoms with Crippen LogP contribution in [-0.2, 0) is 6.42 Å². The number of benzene rings is 2. The zero-order valence-electron chi connectivity index (χ0n) is 19.6. The average Bonchev–Trinajstić information content (AvgIpc) is 3.44. The lowest BCUT2D eigenvalue weighted by molar-refractivity contribution is 0.100. The molecule has 4 N–H and O–H groups in total. The number of primary amides is 1. The standard InChI is InChI=1S/C25H26N4O5S/c1-13-17(22(26)30)25(35-21(13)24(31)27-15-7-5-4-6-8-15)28-23-18-14(9-10-29(23)2)11-16-19(20(18)32-3)34-12-33-16/h4-8,11,23,28H,9-10,12H2,1-3H3,(H2,26,30)(H,27,31). The van der Waals surface area contributed by atoms with Crippen LogP contribution in [0.5, 0.6) is 17.2 Å². The minimum absolute atomic E-state index is 0.137. The molecule has 0 aliphatic carbocycles. The first-order valence-electron chi connectivity index (χ1n) is 11.1. The van der Waals surface area contributed by atoms with Gasteiger partial charge in [-0.2, -0.15) is 0 Å². The number of para-hydroxylation sites is 1. The number of nitrogens with two attached hydrogens (primary N) is 1. The Morgan fingerprint density at radius 1 is 1.23 bits per heavy atom. The molecule has 1 aromatic heterocycles. The summed E-state index contributed by atoms with van der Waals surface area (Å²) in [7, 11) is 3.58. The second kappa shape index (κ2) is 9.12. The normalized spacial score (nSPS) is 16.5. The number of nitrogens with one attached hydrogen (secondary N) is 2. The minimum atomic E-state index is -0.601. The van der Waals surface area contributed by atoms with Crippen molar-refractivity contribution in [2.45, 2.75) is 19.5 Å². The van der Waals surface area contributed by atoms with E-state index in [-0.39, 0.29) is 18.9 Å². The first kappa shape index (κ1) is 23.0. The molecule has 0 fully saturated rings. The molecule has 2 aromatic carbocycles. The number of hydrogen-bond donors (Lipinski definition) is 3. The minimum Gasteiger partial charge on any atom is -0.492 e. The molecule has 1 unspecified atom stereocenters. The van der Waals surface area contributed by atoms with Gasteiger partial charge >= 0.3 is 0 Å². The zero-order chi connectivity index (χ0) is 24.7. The lowest BCUT2D eigenvalue weighted by Gasteiger charge is -2.36. The van der Waals surface area contributed by atoms with Crippen LogP contribution in [0.1, 0.15) is 42.9 Å². The maximum absolute atomic E-state index is 13.1. The Balaban J connectivity index is 1.54. The van der Waals surface area contributed by atoms with Crippen LogP contribution in [0, 0.1) is 6.92 Å². The van der Waals surface area contributed by atoms with Gasteiger partial charge in [-0.15, -0.1) is 11.3 Å². The quantitative estimate of drug-likeness (QED) is 0.478. The van der Waals surface area contributed by atoms with E-state index in [2.05, 4.69) is 15.5 Å². The Morgan fingerprint density at radius 2 is 2.00 bits per heavy atom. The molecular formula is C25H26N4O5S. The Bertz CT molecular complexity index is 1310. The fourth-order valence-corrected chi connectivity index (χ4v) is 5.71. The molecule has 10 heteroatoms. The lowest BCUT2D eigenvalue weighted by Crippen LogP contribution is -2.37. The van der Waals surface area contributed by atoms with Crippen LogP contribution in [0.4, 0.5) is 10.7 Å². The van der Waals surface area contributed by atoms with Gasteiger partial charge in [-0.25, -0.2) is 0 Å². The van der Waals surface area contributed by atoms with E-state index in [9.17, 15) is 9.59 Å². The van der Waals surface area contributed by atoms with Gasteiger partial charge in [-0.05, 0) is 49.7 Å². The number of rotatable bonds is 6. The number of nitrogens with zero attached hydrogens (tertiary/aromatic N) is 1. The van der Waals surface area contributed by atoms with Gasteiger partial charge in [0, 0.05) is 17.8 Å².